The first-order valence-corrected chi connectivity index (χ1v) is 19.7. The average molecular weight is 749 g/mol. The third-order valence-corrected chi connectivity index (χ3v) is 11.1. The summed E-state index contributed by atoms with van der Waals surface area (Å²) >= 11 is 0. The van der Waals surface area contributed by atoms with Crippen molar-refractivity contribution in [3.8, 4) is 5.75 Å². The van der Waals surface area contributed by atoms with Crippen LogP contribution in [0.5, 0.6) is 5.75 Å². The van der Waals surface area contributed by atoms with Gasteiger partial charge in [0.25, 0.3) is 5.91 Å². The van der Waals surface area contributed by atoms with Crippen molar-refractivity contribution in [3.63, 3.8) is 0 Å². The average Bonchev–Trinajstić information content (AvgIpc) is 3.33. The molecule has 4 aliphatic heterocycles. The number of hydrogen-bond acceptors (Lipinski definition) is 9. The summed E-state index contributed by atoms with van der Waals surface area (Å²) in [6.07, 6.45) is 3.27. The van der Waals surface area contributed by atoms with Crippen LogP contribution in [0.1, 0.15) is 61.8 Å². The molecule has 4 amide bonds. The Balaban J connectivity index is 0.000000365. The normalized spacial score (nSPS) is 19.5. The van der Waals surface area contributed by atoms with E-state index in [1.807, 2.05) is 69.1 Å². The van der Waals surface area contributed by atoms with E-state index in [9.17, 15) is 24.3 Å². The second kappa shape index (κ2) is 19.3. The van der Waals surface area contributed by atoms with Crippen LogP contribution in [0.3, 0.4) is 0 Å². The number of carbonyl (C=O) groups excluding carboxylic acids is 4. The highest BCUT2D eigenvalue weighted by atomic mass is 16.6. The number of phenolic OH excluding ortho intramolecular Hbond substituents is 1. The van der Waals surface area contributed by atoms with Gasteiger partial charge in [0.1, 0.15) is 5.75 Å². The van der Waals surface area contributed by atoms with Crippen molar-refractivity contribution < 1.29 is 33.8 Å². The standard InChI is InChI=1S/C31H41N5O5.C10H19NO2/c1-21-18-23(19-22(2)28(21)37)20-27(29(38)34-16-14-33(3)15-17-34)41-31(40)35-11-9-25(10-12-35)36-13-8-24-6-4-5-7-26(24)32-30(36)39;1-3-13-10(12)8-11-6-4-9(2)5-7-11/h4-7,18-19,25,27,37H,8-17,20H2,1-3H3,(H,32,39);9H,3-8H2,1-2H3/t27-;/m1./s1. The minimum Gasteiger partial charge on any atom is -0.507 e. The number of likely N-dealkylation sites (tertiary alicyclic amines) is 2. The van der Waals surface area contributed by atoms with Gasteiger partial charge in [0, 0.05) is 64.0 Å². The molecule has 2 N–H and O–H groups in total. The van der Waals surface area contributed by atoms with Crippen molar-refractivity contribution in [2.45, 2.75) is 78.4 Å². The molecule has 0 spiro atoms. The van der Waals surface area contributed by atoms with E-state index in [1.165, 1.54) is 12.8 Å². The van der Waals surface area contributed by atoms with Crippen LogP contribution in [-0.2, 0) is 31.9 Å². The minimum atomic E-state index is -0.957. The van der Waals surface area contributed by atoms with Crippen molar-refractivity contribution in [1.29, 1.82) is 0 Å². The van der Waals surface area contributed by atoms with E-state index in [0.717, 1.165) is 66.5 Å². The number of aryl methyl sites for hydroxylation is 2. The molecule has 54 heavy (non-hydrogen) atoms. The zero-order chi connectivity index (χ0) is 38.8. The van der Waals surface area contributed by atoms with Crippen LogP contribution >= 0.6 is 0 Å². The van der Waals surface area contributed by atoms with Crippen molar-refractivity contribution in [2.75, 3.05) is 84.4 Å². The number of piperazine rings is 1. The molecule has 0 radical (unpaired) electrons. The molecule has 1 atom stereocenters. The van der Waals surface area contributed by atoms with Crippen LogP contribution in [0.15, 0.2) is 36.4 Å². The molecule has 2 aromatic rings. The van der Waals surface area contributed by atoms with Gasteiger partial charge in [-0.25, -0.2) is 9.59 Å². The molecule has 0 aliphatic carbocycles. The number of ether oxygens (including phenoxy) is 2. The first-order valence-electron chi connectivity index (χ1n) is 19.7. The highest BCUT2D eigenvalue weighted by Crippen LogP contribution is 2.27. The fraction of sp³-hybridized carbons (Fsp3) is 0.610. The first kappa shape index (κ1) is 40.8. The van der Waals surface area contributed by atoms with Crippen LogP contribution in [0.25, 0.3) is 0 Å². The van der Waals surface area contributed by atoms with E-state index in [4.69, 9.17) is 9.47 Å². The van der Waals surface area contributed by atoms with Crippen molar-refractivity contribution >= 4 is 29.7 Å². The molecular weight excluding hydrogens is 688 g/mol. The Labute approximate surface area is 320 Å². The molecular formula is C41H60N6O7. The van der Waals surface area contributed by atoms with Crippen molar-refractivity contribution in [1.82, 2.24) is 24.5 Å². The Morgan fingerprint density at radius 2 is 1.54 bits per heavy atom. The molecule has 0 aromatic heterocycles. The second-order valence-corrected chi connectivity index (χ2v) is 15.3. The SMILES string of the molecule is CCOC(=O)CN1CCC(C)CC1.Cc1cc(C[C@@H](OC(=O)N2CCC(N3CCc4ccccc4NC3=O)CC2)C(=O)N2CCN(C)CC2)cc(C)c1O. The molecule has 0 saturated carbocycles. The van der Waals surface area contributed by atoms with Crippen LogP contribution in [0.2, 0.25) is 0 Å². The monoisotopic (exact) mass is 748 g/mol. The molecule has 6 rings (SSSR count). The number of nitrogens with zero attached hydrogens (tertiary/aromatic N) is 5. The molecule has 3 fully saturated rings. The molecule has 13 heteroatoms. The van der Waals surface area contributed by atoms with Gasteiger partial charge in [0.2, 0.25) is 0 Å². The summed E-state index contributed by atoms with van der Waals surface area (Å²) in [5.74, 6) is 0.776. The van der Waals surface area contributed by atoms with Gasteiger partial charge in [-0.3, -0.25) is 14.5 Å². The molecule has 4 aliphatic rings. The number of aromatic hydroxyl groups is 1. The van der Waals surface area contributed by atoms with Crippen LogP contribution in [-0.4, -0.2) is 145 Å². The summed E-state index contributed by atoms with van der Waals surface area (Å²) in [6.45, 7) is 15.0. The van der Waals surface area contributed by atoms with Gasteiger partial charge in [-0.2, -0.15) is 0 Å². The summed E-state index contributed by atoms with van der Waals surface area (Å²) in [5, 5.41) is 13.2. The lowest BCUT2D eigenvalue weighted by atomic mass is 9.99. The number of esters is 1. The fourth-order valence-corrected chi connectivity index (χ4v) is 7.69. The zero-order valence-electron chi connectivity index (χ0n) is 32.8. The number of phenols is 1. The summed E-state index contributed by atoms with van der Waals surface area (Å²) in [7, 11) is 2.03. The fourth-order valence-electron chi connectivity index (χ4n) is 7.69. The Morgan fingerprint density at radius 3 is 2.19 bits per heavy atom. The summed E-state index contributed by atoms with van der Waals surface area (Å²) in [6, 6.07) is 11.5. The van der Waals surface area contributed by atoms with Crippen molar-refractivity contribution in [2.24, 2.45) is 5.92 Å². The van der Waals surface area contributed by atoms with E-state index >= 15 is 0 Å². The van der Waals surface area contributed by atoms with Gasteiger partial charge >= 0.3 is 18.1 Å². The maximum atomic E-state index is 13.6. The number of fused-ring (bicyclic) bond motifs is 1. The van der Waals surface area contributed by atoms with E-state index in [1.54, 1.807) is 9.80 Å². The van der Waals surface area contributed by atoms with Crippen LogP contribution in [0, 0.1) is 19.8 Å². The molecule has 2 aromatic carbocycles. The second-order valence-electron chi connectivity index (χ2n) is 15.3. The predicted octanol–water partition coefficient (Wildman–Crippen LogP) is 4.67. The number of piperidine rings is 2. The van der Waals surface area contributed by atoms with Gasteiger partial charge in [-0.05, 0) is 107 Å². The number of hydrogen-bond donors (Lipinski definition) is 2. The predicted molar refractivity (Wildman–Crippen MR) is 208 cm³/mol. The quantitative estimate of drug-likeness (QED) is 0.370. The van der Waals surface area contributed by atoms with E-state index in [2.05, 4.69) is 22.0 Å². The van der Waals surface area contributed by atoms with Gasteiger partial charge in [-0.1, -0.05) is 37.3 Å². The lowest BCUT2D eigenvalue weighted by Gasteiger charge is -2.38. The molecule has 0 bridgehead atoms. The third-order valence-electron chi connectivity index (χ3n) is 11.1. The number of anilines is 1. The number of urea groups is 1. The lowest BCUT2D eigenvalue weighted by Crippen LogP contribution is -2.53. The Morgan fingerprint density at radius 1 is 0.889 bits per heavy atom. The highest BCUT2D eigenvalue weighted by Gasteiger charge is 2.35. The van der Waals surface area contributed by atoms with Gasteiger partial charge < -0.3 is 39.5 Å². The number of likely N-dealkylation sites (N-methyl/N-ethyl adjacent to an activating group) is 1. The largest absolute Gasteiger partial charge is 0.507 e. The summed E-state index contributed by atoms with van der Waals surface area (Å²) in [5.41, 5.74) is 4.26. The Kier molecular flexibility index (Phi) is 14.6. The lowest BCUT2D eigenvalue weighted by molar-refractivity contribution is -0.145. The van der Waals surface area contributed by atoms with E-state index < -0.39 is 12.2 Å². The smallest absolute Gasteiger partial charge is 0.410 e. The van der Waals surface area contributed by atoms with Gasteiger partial charge in [0.05, 0.1) is 13.2 Å². The van der Waals surface area contributed by atoms with E-state index in [-0.39, 0.29) is 36.1 Å². The third kappa shape index (κ3) is 11.1. The maximum absolute atomic E-state index is 13.6. The number of carbonyl (C=O) groups is 4. The molecule has 0 unspecified atom stereocenters. The number of amides is 4. The highest BCUT2D eigenvalue weighted by molar-refractivity contribution is 5.91. The Hall–Kier alpha value is -4.36. The molecule has 3 saturated heterocycles. The minimum absolute atomic E-state index is 0.0269. The van der Waals surface area contributed by atoms with Gasteiger partial charge in [-0.15, -0.1) is 0 Å². The summed E-state index contributed by atoms with van der Waals surface area (Å²) in [4.78, 5) is 60.7. The molecule has 296 valence electrons. The number of nitrogens with one attached hydrogen (secondary N) is 1. The molecule has 4 heterocycles. The summed E-state index contributed by atoms with van der Waals surface area (Å²) < 4.78 is 10.8. The molecule has 13 nitrogen and oxygen atoms in total. The van der Waals surface area contributed by atoms with E-state index in [0.29, 0.717) is 58.7 Å². The number of rotatable bonds is 8. The van der Waals surface area contributed by atoms with Gasteiger partial charge in [0.15, 0.2) is 6.10 Å². The topological polar surface area (TPSA) is 135 Å². The number of para-hydroxylation sites is 1. The maximum Gasteiger partial charge on any atom is 0.410 e. The van der Waals surface area contributed by atoms with Crippen LogP contribution in [0.4, 0.5) is 15.3 Å². The first-order chi connectivity index (χ1) is 25.9. The number of benzene rings is 2. The van der Waals surface area contributed by atoms with Crippen molar-refractivity contribution in [3.05, 3.63) is 58.7 Å². The zero-order valence-corrected chi connectivity index (χ0v) is 32.8. The Bertz CT molecular complexity index is 1570. The van der Waals surface area contributed by atoms with Crippen LogP contribution < -0.4 is 5.32 Å².